The van der Waals surface area contributed by atoms with Gasteiger partial charge in [0, 0.05) is 0 Å². The second kappa shape index (κ2) is 3.18. The minimum atomic E-state index is -4.48. The van der Waals surface area contributed by atoms with Gasteiger partial charge in [0.25, 0.3) is 0 Å². The number of alkyl halides is 3. The SMILES string of the molecule is Cc1cc(C(F)(F)F)cc(Cl)c1F. The molecule has 0 N–H and O–H groups in total. The van der Waals surface area contributed by atoms with Gasteiger partial charge in [-0.2, -0.15) is 13.2 Å². The summed E-state index contributed by atoms with van der Waals surface area (Å²) in [5.74, 6) is -0.810. The van der Waals surface area contributed by atoms with Gasteiger partial charge < -0.3 is 0 Å². The van der Waals surface area contributed by atoms with Crippen molar-refractivity contribution in [2.75, 3.05) is 0 Å². The first-order chi connectivity index (χ1) is 5.82. The molecule has 0 amide bonds. The molecule has 1 aromatic rings. The number of hydrogen-bond acceptors (Lipinski definition) is 0. The van der Waals surface area contributed by atoms with Crippen LogP contribution in [0.1, 0.15) is 11.1 Å². The van der Waals surface area contributed by atoms with Crippen molar-refractivity contribution < 1.29 is 17.6 Å². The lowest BCUT2D eigenvalue weighted by Crippen LogP contribution is -2.05. The molecule has 72 valence electrons. The average molecular weight is 213 g/mol. The van der Waals surface area contributed by atoms with Gasteiger partial charge in [-0.05, 0) is 24.6 Å². The maximum Gasteiger partial charge on any atom is 0.416 e. The average Bonchev–Trinajstić information content (AvgIpc) is 1.97. The lowest BCUT2D eigenvalue weighted by Gasteiger charge is -2.08. The van der Waals surface area contributed by atoms with Crippen molar-refractivity contribution in [3.05, 3.63) is 34.1 Å². The molecule has 0 unspecified atom stereocenters. The Morgan fingerprint density at radius 1 is 1.23 bits per heavy atom. The van der Waals surface area contributed by atoms with Crippen LogP contribution >= 0.6 is 11.6 Å². The van der Waals surface area contributed by atoms with E-state index in [2.05, 4.69) is 0 Å². The Balaban J connectivity index is 3.29. The van der Waals surface area contributed by atoms with E-state index in [1.54, 1.807) is 0 Å². The smallest absolute Gasteiger partial charge is 0.205 e. The molecule has 0 saturated heterocycles. The van der Waals surface area contributed by atoms with E-state index >= 15 is 0 Å². The van der Waals surface area contributed by atoms with Crippen molar-refractivity contribution in [2.45, 2.75) is 13.1 Å². The molecule has 0 spiro atoms. The van der Waals surface area contributed by atoms with E-state index in [1.807, 2.05) is 0 Å². The second-order valence-corrected chi connectivity index (χ2v) is 2.99. The highest BCUT2D eigenvalue weighted by atomic mass is 35.5. The van der Waals surface area contributed by atoms with Gasteiger partial charge in [-0.25, -0.2) is 4.39 Å². The summed E-state index contributed by atoms with van der Waals surface area (Å²) < 4.78 is 49.1. The molecule has 0 saturated carbocycles. The van der Waals surface area contributed by atoms with Crippen molar-refractivity contribution in [1.82, 2.24) is 0 Å². The van der Waals surface area contributed by atoms with Crippen LogP contribution in [0.4, 0.5) is 17.6 Å². The van der Waals surface area contributed by atoms with Crippen LogP contribution in [0.15, 0.2) is 12.1 Å². The fourth-order valence-corrected chi connectivity index (χ4v) is 1.16. The van der Waals surface area contributed by atoms with E-state index in [0.29, 0.717) is 6.07 Å². The first kappa shape index (κ1) is 10.3. The summed E-state index contributed by atoms with van der Waals surface area (Å²) in [4.78, 5) is 0. The molecular formula is C8H5ClF4. The Kier molecular flexibility index (Phi) is 2.52. The Morgan fingerprint density at radius 2 is 1.77 bits per heavy atom. The normalized spacial score (nSPS) is 11.8. The molecule has 0 bridgehead atoms. The van der Waals surface area contributed by atoms with Crippen LogP contribution in [0.25, 0.3) is 0 Å². The van der Waals surface area contributed by atoms with Gasteiger partial charge in [-0.1, -0.05) is 11.6 Å². The third kappa shape index (κ3) is 2.12. The molecule has 0 atom stereocenters. The molecule has 0 heterocycles. The quantitative estimate of drug-likeness (QED) is 0.574. The van der Waals surface area contributed by atoms with Crippen LogP contribution in [0.5, 0.6) is 0 Å². The molecule has 0 aliphatic carbocycles. The highest BCUT2D eigenvalue weighted by Gasteiger charge is 2.31. The molecule has 0 radical (unpaired) electrons. The summed E-state index contributed by atoms with van der Waals surface area (Å²) in [6.45, 7) is 1.23. The maximum absolute atomic E-state index is 12.8. The lowest BCUT2D eigenvalue weighted by atomic mass is 10.1. The van der Waals surface area contributed by atoms with E-state index in [-0.39, 0.29) is 5.56 Å². The van der Waals surface area contributed by atoms with Crippen LogP contribution in [-0.2, 0) is 6.18 Å². The van der Waals surface area contributed by atoms with Gasteiger partial charge in [0.15, 0.2) is 0 Å². The largest absolute Gasteiger partial charge is 0.416 e. The predicted octanol–water partition coefficient (Wildman–Crippen LogP) is 3.81. The Morgan fingerprint density at radius 3 is 2.15 bits per heavy atom. The summed E-state index contributed by atoms with van der Waals surface area (Å²) in [5, 5.41) is -0.507. The van der Waals surface area contributed by atoms with E-state index in [0.717, 1.165) is 6.07 Å². The molecule has 5 heteroatoms. The van der Waals surface area contributed by atoms with E-state index in [4.69, 9.17) is 11.6 Å². The second-order valence-electron chi connectivity index (χ2n) is 2.59. The maximum atomic E-state index is 12.8. The van der Waals surface area contributed by atoms with Gasteiger partial charge >= 0.3 is 6.18 Å². The zero-order valence-electron chi connectivity index (χ0n) is 6.54. The third-order valence-electron chi connectivity index (χ3n) is 1.54. The zero-order chi connectivity index (χ0) is 10.2. The van der Waals surface area contributed by atoms with Gasteiger partial charge in [0.1, 0.15) is 5.82 Å². The molecule has 13 heavy (non-hydrogen) atoms. The van der Waals surface area contributed by atoms with Crippen molar-refractivity contribution >= 4 is 11.6 Å². The minimum Gasteiger partial charge on any atom is -0.205 e. The summed E-state index contributed by atoms with van der Waals surface area (Å²) >= 11 is 5.25. The van der Waals surface area contributed by atoms with E-state index in [9.17, 15) is 17.6 Å². The molecular weight excluding hydrogens is 208 g/mol. The lowest BCUT2D eigenvalue weighted by molar-refractivity contribution is -0.137. The van der Waals surface area contributed by atoms with Gasteiger partial charge in [0.2, 0.25) is 0 Å². The molecule has 0 aliphatic heterocycles. The fraction of sp³-hybridized carbons (Fsp3) is 0.250. The standard InChI is InChI=1S/C8H5ClF4/c1-4-2-5(8(11,12)13)3-6(9)7(4)10/h2-3H,1H3. The number of halogens is 5. The van der Waals surface area contributed by atoms with Crippen LogP contribution in [0, 0.1) is 12.7 Å². The zero-order valence-corrected chi connectivity index (χ0v) is 7.30. The fourth-order valence-electron chi connectivity index (χ4n) is 0.890. The first-order valence-corrected chi connectivity index (χ1v) is 3.73. The molecule has 1 rings (SSSR count). The van der Waals surface area contributed by atoms with Gasteiger partial charge in [-0.3, -0.25) is 0 Å². The molecule has 1 aromatic carbocycles. The van der Waals surface area contributed by atoms with Crippen molar-refractivity contribution in [2.24, 2.45) is 0 Å². The van der Waals surface area contributed by atoms with Crippen molar-refractivity contribution in [3.8, 4) is 0 Å². The molecule has 0 fully saturated rings. The number of aryl methyl sites for hydroxylation is 1. The highest BCUT2D eigenvalue weighted by Crippen LogP contribution is 2.32. The summed E-state index contributed by atoms with van der Waals surface area (Å²) in [6.07, 6.45) is -4.48. The Bertz CT molecular complexity index is 306. The molecule has 0 nitrogen and oxygen atoms in total. The number of hydrogen-bond donors (Lipinski definition) is 0. The van der Waals surface area contributed by atoms with Crippen LogP contribution in [0.2, 0.25) is 5.02 Å². The minimum absolute atomic E-state index is 0.111. The Hall–Kier alpha value is -0.770. The van der Waals surface area contributed by atoms with Crippen molar-refractivity contribution in [1.29, 1.82) is 0 Å². The topological polar surface area (TPSA) is 0 Å². The van der Waals surface area contributed by atoms with Gasteiger partial charge in [-0.15, -0.1) is 0 Å². The number of rotatable bonds is 0. The van der Waals surface area contributed by atoms with Crippen molar-refractivity contribution in [3.63, 3.8) is 0 Å². The summed E-state index contributed by atoms with van der Waals surface area (Å²) in [7, 11) is 0. The van der Waals surface area contributed by atoms with Crippen LogP contribution in [-0.4, -0.2) is 0 Å². The van der Waals surface area contributed by atoms with Gasteiger partial charge in [0.05, 0.1) is 10.6 Å². The molecule has 0 aliphatic rings. The number of benzene rings is 1. The van der Waals surface area contributed by atoms with Crippen LogP contribution < -0.4 is 0 Å². The summed E-state index contributed by atoms with van der Waals surface area (Å²) in [6, 6.07) is 1.30. The van der Waals surface area contributed by atoms with Crippen LogP contribution in [0.3, 0.4) is 0 Å². The first-order valence-electron chi connectivity index (χ1n) is 3.35. The molecule has 0 aromatic heterocycles. The third-order valence-corrected chi connectivity index (χ3v) is 1.81. The Labute approximate surface area is 77.1 Å². The van der Waals surface area contributed by atoms with E-state index < -0.39 is 22.6 Å². The monoisotopic (exact) mass is 212 g/mol. The predicted molar refractivity (Wildman–Crippen MR) is 41.1 cm³/mol. The van der Waals surface area contributed by atoms with E-state index in [1.165, 1.54) is 6.92 Å². The highest BCUT2D eigenvalue weighted by molar-refractivity contribution is 6.30. The summed E-state index contributed by atoms with van der Waals surface area (Å²) in [5.41, 5.74) is -1.05.